The van der Waals surface area contributed by atoms with Crippen LogP contribution in [-0.4, -0.2) is 38.5 Å². The molecule has 0 fully saturated rings. The molecule has 3 rings (SSSR count). The Morgan fingerprint density at radius 3 is 2.40 bits per heavy atom. The number of hydrogen-bond acceptors (Lipinski definition) is 9. The number of ether oxygens (including phenoxy) is 5. The van der Waals surface area contributed by atoms with Crippen LogP contribution in [0.2, 0.25) is 0 Å². The third-order valence-corrected chi connectivity index (χ3v) is 4.02. The van der Waals surface area contributed by atoms with Crippen LogP contribution < -0.4 is 24.4 Å². The first-order chi connectivity index (χ1) is 14.5. The molecule has 0 amide bonds. The third-order valence-electron chi connectivity index (χ3n) is 4.02. The highest BCUT2D eigenvalue weighted by molar-refractivity contribution is 5.89. The quantitative estimate of drug-likeness (QED) is 0.553. The summed E-state index contributed by atoms with van der Waals surface area (Å²) in [5.41, 5.74) is -0.560. The molecule has 9 nitrogen and oxygen atoms in total. The summed E-state index contributed by atoms with van der Waals surface area (Å²) in [6.07, 6.45) is 0. The fraction of sp³-hybridized carbons (Fsp3) is 0.238. The molecule has 0 saturated carbocycles. The fourth-order valence-corrected chi connectivity index (χ4v) is 2.69. The highest BCUT2D eigenvalue weighted by atomic mass is 16.6. The number of benzene rings is 2. The normalized spacial score (nSPS) is 10.5. The molecule has 158 valence electrons. The second kappa shape index (κ2) is 9.08. The molecular formula is C21H20O9. The van der Waals surface area contributed by atoms with Gasteiger partial charge in [0.05, 0.1) is 26.9 Å². The number of esters is 1. The fourth-order valence-electron chi connectivity index (χ4n) is 2.69. The molecule has 0 aliphatic rings. The van der Waals surface area contributed by atoms with Crippen molar-refractivity contribution in [2.24, 2.45) is 0 Å². The summed E-state index contributed by atoms with van der Waals surface area (Å²) in [5.74, 6) is -0.227. The minimum absolute atomic E-state index is 0.000278. The number of hydrogen-bond donors (Lipinski definition) is 1. The molecule has 0 atom stereocenters. The molecule has 0 radical (unpaired) electrons. The Morgan fingerprint density at radius 1 is 1.07 bits per heavy atom. The second-order valence-corrected chi connectivity index (χ2v) is 5.93. The lowest BCUT2D eigenvalue weighted by Crippen LogP contribution is -2.15. The van der Waals surface area contributed by atoms with Gasteiger partial charge >= 0.3 is 5.97 Å². The monoisotopic (exact) mass is 416 g/mol. The summed E-state index contributed by atoms with van der Waals surface area (Å²) in [5, 5.41) is 10.4. The standard InChI is InChI=1S/C21H20O9/c1-4-27-17(23)11-28-16-10-15-19(20(24)21(16)26-3)14(22)9-18(30-15)29-13-7-5-12(25-2)6-8-13/h5-10,24H,4,11H2,1-3H3. The Labute approximate surface area is 171 Å². The molecule has 0 saturated heterocycles. The van der Waals surface area contributed by atoms with Gasteiger partial charge in [-0.15, -0.1) is 0 Å². The molecule has 3 aromatic rings. The molecule has 0 aliphatic carbocycles. The molecule has 2 aromatic carbocycles. The Morgan fingerprint density at radius 2 is 1.77 bits per heavy atom. The van der Waals surface area contributed by atoms with Crippen molar-refractivity contribution in [3.63, 3.8) is 0 Å². The number of phenols is 1. The minimum atomic E-state index is -0.600. The van der Waals surface area contributed by atoms with E-state index in [1.807, 2.05) is 0 Å². The molecule has 9 heteroatoms. The number of methoxy groups -OCH3 is 2. The maximum absolute atomic E-state index is 12.6. The number of carbonyl (C=O) groups excluding carboxylic acids is 1. The molecular weight excluding hydrogens is 396 g/mol. The number of fused-ring (bicyclic) bond motifs is 1. The first-order valence-corrected chi connectivity index (χ1v) is 8.95. The van der Waals surface area contributed by atoms with Crippen LogP contribution in [0.25, 0.3) is 11.0 Å². The predicted octanol–water partition coefficient (Wildman–Crippen LogP) is 3.25. The minimum Gasteiger partial charge on any atom is -0.504 e. The van der Waals surface area contributed by atoms with Crippen molar-refractivity contribution in [3.8, 4) is 34.7 Å². The van der Waals surface area contributed by atoms with Crippen molar-refractivity contribution in [2.45, 2.75) is 6.92 Å². The largest absolute Gasteiger partial charge is 0.504 e. The maximum Gasteiger partial charge on any atom is 0.344 e. The number of phenolic OH excluding ortho intramolecular Hbond substituents is 1. The first-order valence-electron chi connectivity index (χ1n) is 8.95. The number of aromatic hydroxyl groups is 1. The molecule has 1 aromatic heterocycles. The molecule has 0 bridgehead atoms. The van der Waals surface area contributed by atoms with Gasteiger partial charge in [-0.05, 0) is 31.2 Å². The van der Waals surface area contributed by atoms with Crippen molar-refractivity contribution >= 4 is 16.9 Å². The lowest BCUT2D eigenvalue weighted by Gasteiger charge is -2.13. The SMILES string of the molecule is CCOC(=O)COc1cc2oc(Oc3ccc(OC)cc3)cc(=O)c2c(O)c1OC. The van der Waals surface area contributed by atoms with Gasteiger partial charge in [0.15, 0.2) is 18.1 Å². The van der Waals surface area contributed by atoms with E-state index in [1.165, 1.54) is 13.2 Å². The van der Waals surface area contributed by atoms with E-state index in [9.17, 15) is 14.7 Å². The van der Waals surface area contributed by atoms with Gasteiger partial charge in [0.2, 0.25) is 11.2 Å². The van der Waals surface area contributed by atoms with Crippen LogP contribution >= 0.6 is 0 Å². The van der Waals surface area contributed by atoms with Crippen molar-refractivity contribution in [1.82, 2.24) is 0 Å². The Bertz CT molecular complexity index is 1100. The van der Waals surface area contributed by atoms with E-state index in [0.717, 1.165) is 6.07 Å². The topological polar surface area (TPSA) is 114 Å². The average molecular weight is 416 g/mol. The molecule has 0 unspecified atom stereocenters. The summed E-state index contributed by atoms with van der Waals surface area (Å²) in [7, 11) is 2.83. The maximum atomic E-state index is 12.6. The zero-order valence-corrected chi connectivity index (χ0v) is 16.6. The van der Waals surface area contributed by atoms with Crippen molar-refractivity contribution in [1.29, 1.82) is 0 Å². The zero-order chi connectivity index (χ0) is 21.7. The van der Waals surface area contributed by atoms with E-state index >= 15 is 0 Å². The molecule has 0 spiro atoms. The lowest BCUT2D eigenvalue weighted by atomic mass is 10.2. The van der Waals surface area contributed by atoms with E-state index in [4.69, 9.17) is 28.1 Å². The summed E-state index contributed by atoms with van der Waals surface area (Å²) in [4.78, 5) is 24.1. The molecule has 1 heterocycles. The Balaban J connectivity index is 1.98. The van der Waals surface area contributed by atoms with Gasteiger partial charge in [0.25, 0.3) is 5.95 Å². The van der Waals surface area contributed by atoms with Crippen molar-refractivity contribution < 1.29 is 38.0 Å². The van der Waals surface area contributed by atoms with Crippen LogP contribution in [0, 0.1) is 0 Å². The van der Waals surface area contributed by atoms with E-state index < -0.39 is 23.8 Å². The summed E-state index contributed by atoms with van der Waals surface area (Å²) in [6.45, 7) is 1.45. The summed E-state index contributed by atoms with van der Waals surface area (Å²) < 4.78 is 31.6. The van der Waals surface area contributed by atoms with Gasteiger partial charge < -0.3 is 33.2 Å². The van der Waals surface area contributed by atoms with E-state index in [-0.39, 0.29) is 35.0 Å². The van der Waals surface area contributed by atoms with Crippen molar-refractivity contribution in [2.75, 3.05) is 27.4 Å². The lowest BCUT2D eigenvalue weighted by molar-refractivity contribution is -0.145. The first kappa shape index (κ1) is 20.8. The van der Waals surface area contributed by atoms with Gasteiger partial charge in [0, 0.05) is 6.07 Å². The smallest absolute Gasteiger partial charge is 0.344 e. The van der Waals surface area contributed by atoms with Gasteiger partial charge in [-0.3, -0.25) is 4.79 Å². The van der Waals surface area contributed by atoms with Gasteiger partial charge in [-0.25, -0.2) is 4.79 Å². The number of rotatable bonds is 8. The Kier molecular flexibility index (Phi) is 6.31. The van der Waals surface area contributed by atoms with Crippen LogP contribution in [-0.2, 0) is 9.53 Å². The van der Waals surface area contributed by atoms with Crippen LogP contribution in [0.1, 0.15) is 6.92 Å². The van der Waals surface area contributed by atoms with Gasteiger partial charge in [-0.2, -0.15) is 0 Å². The highest BCUT2D eigenvalue weighted by Crippen LogP contribution is 2.42. The molecule has 30 heavy (non-hydrogen) atoms. The number of carbonyl (C=O) groups is 1. The van der Waals surface area contributed by atoms with E-state index in [0.29, 0.717) is 11.5 Å². The van der Waals surface area contributed by atoms with Gasteiger partial charge in [0.1, 0.15) is 22.5 Å². The summed E-state index contributed by atoms with van der Waals surface area (Å²) >= 11 is 0. The summed E-state index contributed by atoms with van der Waals surface area (Å²) in [6, 6.07) is 9.09. The zero-order valence-electron chi connectivity index (χ0n) is 16.6. The van der Waals surface area contributed by atoms with Crippen LogP contribution in [0.5, 0.6) is 34.7 Å². The predicted molar refractivity (Wildman–Crippen MR) is 106 cm³/mol. The van der Waals surface area contributed by atoms with E-state index in [2.05, 4.69) is 0 Å². The van der Waals surface area contributed by atoms with E-state index in [1.54, 1.807) is 38.3 Å². The second-order valence-electron chi connectivity index (χ2n) is 5.93. The Hall–Kier alpha value is -3.88. The van der Waals surface area contributed by atoms with Crippen LogP contribution in [0.15, 0.2) is 45.6 Å². The third kappa shape index (κ3) is 4.40. The van der Waals surface area contributed by atoms with Crippen molar-refractivity contribution in [3.05, 3.63) is 46.6 Å². The average Bonchev–Trinajstić information content (AvgIpc) is 2.72. The van der Waals surface area contributed by atoms with Crippen LogP contribution in [0.3, 0.4) is 0 Å². The van der Waals surface area contributed by atoms with Gasteiger partial charge in [-0.1, -0.05) is 0 Å². The highest BCUT2D eigenvalue weighted by Gasteiger charge is 2.21. The molecule has 0 aliphatic heterocycles. The van der Waals surface area contributed by atoms with Crippen LogP contribution in [0.4, 0.5) is 0 Å². The molecule has 1 N–H and O–H groups in total.